The summed E-state index contributed by atoms with van der Waals surface area (Å²) in [4.78, 5) is 15.1. The van der Waals surface area contributed by atoms with E-state index in [2.05, 4.69) is 4.99 Å². The van der Waals surface area contributed by atoms with E-state index < -0.39 is 5.97 Å². The maximum atomic E-state index is 10.9. The molecule has 100 valence electrons. The van der Waals surface area contributed by atoms with E-state index in [4.69, 9.17) is 18.9 Å². The van der Waals surface area contributed by atoms with Crippen LogP contribution in [0, 0.1) is 0 Å². The van der Waals surface area contributed by atoms with E-state index in [-0.39, 0.29) is 5.90 Å². The Kier molecular flexibility index (Phi) is 3.70. The molecule has 0 amide bonds. The van der Waals surface area contributed by atoms with Crippen LogP contribution in [0.4, 0.5) is 5.69 Å². The van der Waals surface area contributed by atoms with E-state index in [0.29, 0.717) is 22.9 Å². The highest BCUT2D eigenvalue weighted by Crippen LogP contribution is 2.40. The Morgan fingerprint density at radius 1 is 1.00 bits per heavy atom. The highest BCUT2D eigenvalue weighted by molar-refractivity contribution is 6.08. The van der Waals surface area contributed by atoms with Crippen LogP contribution in [-0.2, 0) is 9.53 Å². The number of rotatable bonds is 4. The largest absolute Gasteiger partial charge is 0.493 e. The molecule has 0 aliphatic carbocycles. The fourth-order valence-corrected chi connectivity index (χ4v) is 1.63. The standard InChI is InChI=1S/C13H13NO5/c1-16-9-6-8(7-10(17-2)13(9)18-3)14-11-4-5-12(15)19-11/h4-7H,1-3H3. The van der Waals surface area contributed by atoms with Crippen molar-refractivity contribution in [2.75, 3.05) is 21.3 Å². The molecule has 6 nitrogen and oxygen atoms in total. The monoisotopic (exact) mass is 263 g/mol. The Balaban J connectivity index is 2.42. The van der Waals surface area contributed by atoms with Crippen LogP contribution in [0.2, 0.25) is 0 Å². The Hall–Kier alpha value is -2.50. The van der Waals surface area contributed by atoms with Gasteiger partial charge in [-0.15, -0.1) is 0 Å². The molecule has 1 aromatic rings. The fraction of sp³-hybridized carbons (Fsp3) is 0.231. The summed E-state index contributed by atoms with van der Waals surface area (Å²) in [5.74, 6) is 1.22. The first-order chi connectivity index (χ1) is 9.17. The number of esters is 1. The Bertz CT molecular complexity index is 537. The zero-order valence-corrected chi connectivity index (χ0v) is 10.8. The van der Waals surface area contributed by atoms with Crippen LogP contribution < -0.4 is 14.2 Å². The molecule has 0 N–H and O–H groups in total. The van der Waals surface area contributed by atoms with Gasteiger partial charge >= 0.3 is 5.97 Å². The van der Waals surface area contributed by atoms with Gasteiger partial charge < -0.3 is 18.9 Å². The molecule has 0 saturated carbocycles. The van der Waals surface area contributed by atoms with E-state index in [1.54, 1.807) is 12.1 Å². The third-order valence-corrected chi connectivity index (χ3v) is 2.46. The van der Waals surface area contributed by atoms with Crippen molar-refractivity contribution in [1.29, 1.82) is 0 Å². The first kappa shape index (κ1) is 12.9. The maximum absolute atomic E-state index is 10.9. The van der Waals surface area contributed by atoms with Gasteiger partial charge in [-0.1, -0.05) is 0 Å². The van der Waals surface area contributed by atoms with Crippen molar-refractivity contribution in [1.82, 2.24) is 0 Å². The van der Waals surface area contributed by atoms with Gasteiger partial charge in [0.05, 0.1) is 27.0 Å². The van der Waals surface area contributed by atoms with E-state index in [1.807, 2.05) is 0 Å². The van der Waals surface area contributed by atoms with Crippen molar-refractivity contribution >= 4 is 17.6 Å². The number of methoxy groups -OCH3 is 3. The van der Waals surface area contributed by atoms with Gasteiger partial charge in [-0.05, 0) is 0 Å². The summed E-state index contributed by atoms with van der Waals surface area (Å²) in [6, 6.07) is 3.32. The molecule has 6 heteroatoms. The van der Waals surface area contributed by atoms with Crippen molar-refractivity contribution in [3.05, 3.63) is 24.3 Å². The molecule has 0 spiro atoms. The molecule has 0 bridgehead atoms. The second-order valence-corrected chi connectivity index (χ2v) is 3.59. The van der Waals surface area contributed by atoms with Crippen LogP contribution in [0.15, 0.2) is 29.3 Å². The molecule has 0 aromatic heterocycles. The Morgan fingerprint density at radius 2 is 1.63 bits per heavy atom. The van der Waals surface area contributed by atoms with Crippen LogP contribution in [0.5, 0.6) is 17.2 Å². The van der Waals surface area contributed by atoms with Gasteiger partial charge in [0.2, 0.25) is 11.6 Å². The number of carbonyl (C=O) groups excluding carboxylic acids is 1. The quantitative estimate of drug-likeness (QED) is 0.776. The molecule has 0 unspecified atom stereocenters. The minimum atomic E-state index is -0.439. The number of ether oxygens (including phenoxy) is 4. The lowest BCUT2D eigenvalue weighted by Crippen LogP contribution is -1.99. The van der Waals surface area contributed by atoms with E-state index in [1.165, 1.54) is 33.5 Å². The van der Waals surface area contributed by atoms with Crippen molar-refractivity contribution < 1.29 is 23.7 Å². The molecular weight excluding hydrogens is 250 g/mol. The lowest BCUT2D eigenvalue weighted by molar-refractivity contribution is -0.129. The minimum Gasteiger partial charge on any atom is -0.493 e. The smallest absolute Gasteiger partial charge is 0.337 e. The third kappa shape index (κ3) is 2.67. The Labute approximate surface area is 110 Å². The first-order valence-corrected chi connectivity index (χ1v) is 5.46. The van der Waals surface area contributed by atoms with Crippen LogP contribution in [-0.4, -0.2) is 33.2 Å². The van der Waals surface area contributed by atoms with Gasteiger partial charge in [0.25, 0.3) is 0 Å². The van der Waals surface area contributed by atoms with Crippen LogP contribution in [0.25, 0.3) is 0 Å². The molecule has 2 rings (SSSR count). The van der Waals surface area contributed by atoms with Gasteiger partial charge in [-0.2, -0.15) is 0 Å². The average Bonchev–Trinajstić information content (AvgIpc) is 2.82. The Morgan fingerprint density at radius 3 is 2.05 bits per heavy atom. The SMILES string of the molecule is COc1cc(N=C2C=CC(=O)O2)cc(OC)c1OC. The number of nitrogens with zero attached hydrogens (tertiary/aromatic N) is 1. The molecule has 0 radical (unpaired) electrons. The summed E-state index contributed by atoms with van der Waals surface area (Å²) in [7, 11) is 4.56. The average molecular weight is 263 g/mol. The molecule has 0 saturated heterocycles. The number of cyclic esters (lactones) is 1. The van der Waals surface area contributed by atoms with Crippen LogP contribution >= 0.6 is 0 Å². The lowest BCUT2D eigenvalue weighted by atomic mass is 10.2. The predicted octanol–water partition coefficient (Wildman–Crippen LogP) is 1.86. The second-order valence-electron chi connectivity index (χ2n) is 3.59. The molecule has 1 aliphatic heterocycles. The van der Waals surface area contributed by atoms with Gasteiger partial charge in [0.1, 0.15) is 0 Å². The first-order valence-electron chi connectivity index (χ1n) is 5.46. The van der Waals surface area contributed by atoms with Gasteiger partial charge in [0, 0.05) is 24.3 Å². The minimum absolute atomic E-state index is 0.222. The molecule has 0 atom stereocenters. The third-order valence-electron chi connectivity index (χ3n) is 2.46. The van der Waals surface area contributed by atoms with E-state index in [0.717, 1.165) is 0 Å². The summed E-state index contributed by atoms with van der Waals surface area (Å²) in [6.45, 7) is 0. The van der Waals surface area contributed by atoms with Crippen LogP contribution in [0.3, 0.4) is 0 Å². The second kappa shape index (κ2) is 5.43. The molecule has 19 heavy (non-hydrogen) atoms. The summed E-state index contributed by atoms with van der Waals surface area (Å²) in [5.41, 5.74) is 0.531. The molecule has 1 aromatic carbocycles. The highest BCUT2D eigenvalue weighted by Gasteiger charge is 2.15. The van der Waals surface area contributed by atoms with E-state index >= 15 is 0 Å². The molecular formula is C13H13NO5. The fourth-order valence-electron chi connectivity index (χ4n) is 1.63. The molecule has 1 heterocycles. The lowest BCUT2D eigenvalue weighted by Gasteiger charge is -2.12. The number of benzene rings is 1. The molecule has 0 fully saturated rings. The zero-order chi connectivity index (χ0) is 13.8. The topological polar surface area (TPSA) is 66.4 Å². The van der Waals surface area contributed by atoms with Crippen molar-refractivity contribution in [2.45, 2.75) is 0 Å². The van der Waals surface area contributed by atoms with Gasteiger partial charge in [-0.25, -0.2) is 9.79 Å². The highest BCUT2D eigenvalue weighted by atomic mass is 16.5. The summed E-state index contributed by atoms with van der Waals surface area (Å²) < 4.78 is 20.5. The normalized spacial score (nSPS) is 15.5. The molecule has 1 aliphatic rings. The van der Waals surface area contributed by atoms with Crippen molar-refractivity contribution in [2.24, 2.45) is 4.99 Å². The van der Waals surface area contributed by atoms with Gasteiger partial charge in [-0.3, -0.25) is 0 Å². The summed E-state index contributed by atoms with van der Waals surface area (Å²) in [6.07, 6.45) is 2.79. The number of hydrogen-bond donors (Lipinski definition) is 0. The zero-order valence-electron chi connectivity index (χ0n) is 10.8. The van der Waals surface area contributed by atoms with Crippen molar-refractivity contribution in [3.8, 4) is 17.2 Å². The van der Waals surface area contributed by atoms with Gasteiger partial charge in [0.15, 0.2) is 11.5 Å². The number of hydrogen-bond acceptors (Lipinski definition) is 6. The van der Waals surface area contributed by atoms with E-state index in [9.17, 15) is 4.79 Å². The number of aliphatic imine (C=N–C) groups is 1. The van der Waals surface area contributed by atoms with Crippen molar-refractivity contribution in [3.63, 3.8) is 0 Å². The van der Waals surface area contributed by atoms with Crippen LogP contribution in [0.1, 0.15) is 0 Å². The maximum Gasteiger partial charge on any atom is 0.337 e. The number of carbonyl (C=O) groups is 1. The predicted molar refractivity (Wildman–Crippen MR) is 68.4 cm³/mol. The summed E-state index contributed by atoms with van der Waals surface area (Å²) >= 11 is 0. The summed E-state index contributed by atoms with van der Waals surface area (Å²) in [5, 5.41) is 0.